The molecule has 2 unspecified atom stereocenters. The predicted octanol–water partition coefficient (Wildman–Crippen LogP) is 3.84. The molecule has 2 amide bonds. The van der Waals surface area contributed by atoms with Crippen LogP contribution in [0.15, 0.2) is 30.9 Å². The van der Waals surface area contributed by atoms with Crippen LogP contribution in [0.5, 0.6) is 11.6 Å². The lowest BCUT2D eigenvalue weighted by molar-refractivity contribution is 0.180. The van der Waals surface area contributed by atoms with Crippen LogP contribution >= 0.6 is 0 Å². The average molecular weight is 451 g/mol. The number of methoxy groups -OCH3 is 1. The fraction of sp³-hybridized carbons (Fsp3) is 0.500. The number of urea groups is 1. The van der Waals surface area contributed by atoms with Gasteiger partial charge in [0.25, 0.3) is 5.88 Å². The number of ether oxygens (including phenoxy) is 2. The Labute approximate surface area is 193 Å². The first-order valence-corrected chi connectivity index (χ1v) is 11.7. The molecule has 1 N–H and O–H groups in total. The normalized spacial score (nSPS) is 23.3. The molecule has 0 radical (unpaired) electrons. The smallest absolute Gasteiger partial charge is 0.318 e. The number of nitrogens with zero attached hydrogens (tertiary/aromatic N) is 5. The van der Waals surface area contributed by atoms with E-state index >= 15 is 0 Å². The number of imidazole rings is 1. The molecule has 33 heavy (non-hydrogen) atoms. The van der Waals surface area contributed by atoms with Gasteiger partial charge in [0, 0.05) is 36.7 Å². The Morgan fingerprint density at radius 1 is 1.30 bits per heavy atom. The Kier molecular flexibility index (Phi) is 5.78. The maximum absolute atomic E-state index is 13.0. The summed E-state index contributed by atoms with van der Waals surface area (Å²) < 4.78 is 13.6. The van der Waals surface area contributed by atoms with Crippen molar-refractivity contribution in [3.63, 3.8) is 0 Å². The van der Waals surface area contributed by atoms with Crippen molar-refractivity contribution in [2.75, 3.05) is 20.3 Å². The summed E-state index contributed by atoms with van der Waals surface area (Å²) in [5, 5.41) is 3.21. The molecule has 0 spiro atoms. The highest BCUT2D eigenvalue weighted by Crippen LogP contribution is 2.36. The molecule has 1 aliphatic carbocycles. The van der Waals surface area contributed by atoms with Crippen molar-refractivity contribution >= 4 is 11.7 Å². The van der Waals surface area contributed by atoms with Crippen LogP contribution in [0, 0.1) is 5.92 Å². The summed E-state index contributed by atoms with van der Waals surface area (Å²) in [5.74, 6) is 1.66. The van der Waals surface area contributed by atoms with Crippen molar-refractivity contribution in [1.29, 1.82) is 0 Å². The van der Waals surface area contributed by atoms with Gasteiger partial charge in [-0.1, -0.05) is 0 Å². The van der Waals surface area contributed by atoms with Gasteiger partial charge < -0.3 is 24.1 Å². The lowest BCUT2D eigenvalue weighted by atomic mass is 10.1. The predicted molar refractivity (Wildman–Crippen MR) is 123 cm³/mol. The van der Waals surface area contributed by atoms with Crippen molar-refractivity contribution in [3.05, 3.63) is 36.5 Å². The van der Waals surface area contributed by atoms with Crippen molar-refractivity contribution in [2.45, 2.75) is 51.6 Å². The third kappa shape index (κ3) is 4.19. The molecule has 3 atom stereocenters. The van der Waals surface area contributed by atoms with Crippen LogP contribution in [-0.4, -0.2) is 56.6 Å². The highest BCUT2D eigenvalue weighted by molar-refractivity contribution is 5.76. The molecular formula is C24H30N6O3. The average Bonchev–Trinajstić information content (AvgIpc) is 3.36. The van der Waals surface area contributed by atoms with Crippen LogP contribution in [0.1, 0.15) is 51.3 Å². The molecule has 1 fully saturated rings. The molecular weight excluding hydrogens is 420 g/mol. The summed E-state index contributed by atoms with van der Waals surface area (Å²) in [5.41, 5.74) is 2.95. The molecule has 1 aliphatic heterocycles. The molecule has 5 rings (SSSR count). The quantitative estimate of drug-likeness (QED) is 0.638. The molecule has 1 saturated carbocycles. The summed E-state index contributed by atoms with van der Waals surface area (Å²) >= 11 is 0. The maximum atomic E-state index is 13.0. The zero-order valence-corrected chi connectivity index (χ0v) is 19.3. The van der Waals surface area contributed by atoms with Gasteiger partial charge in [-0.25, -0.2) is 14.8 Å². The Hall–Kier alpha value is -3.36. The van der Waals surface area contributed by atoms with E-state index in [0.29, 0.717) is 42.0 Å². The highest BCUT2D eigenvalue weighted by atomic mass is 16.5. The van der Waals surface area contributed by atoms with Gasteiger partial charge in [-0.2, -0.15) is 0 Å². The first-order chi connectivity index (χ1) is 16.1. The van der Waals surface area contributed by atoms with Gasteiger partial charge in [0.15, 0.2) is 0 Å². The minimum Gasteiger partial charge on any atom is -0.494 e. The summed E-state index contributed by atoms with van der Waals surface area (Å²) in [6.07, 6.45) is 11.3. The molecule has 9 nitrogen and oxygen atoms in total. The second-order valence-electron chi connectivity index (χ2n) is 8.76. The minimum atomic E-state index is -0.208. The monoisotopic (exact) mass is 450 g/mol. The molecule has 2 aliphatic rings. The van der Waals surface area contributed by atoms with Gasteiger partial charge in [0.2, 0.25) is 5.65 Å². The van der Waals surface area contributed by atoms with Gasteiger partial charge in [-0.3, -0.25) is 4.98 Å². The molecule has 4 heterocycles. The Morgan fingerprint density at radius 3 is 3.00 bits per heavy atom. The lowest BCUT2D eigenvalue weighted by Gasteiger charge is -2.28. The van der Waals surface area contributed by atoms with Crippen LogP contribution in [0.25, 0.3) is 16.9 Å². The number of aromatic nitrogens is 4. The van der Waals surface area contributed by atoms with Gasteiger partial charge in [0.05, 0.1) is 37.3 Å². The highest BCUT2D eigenvalue weighted by Gasteiger charge is 2.38. The molecule has 3 aromatic rings. The molecule has 0 aromatic carbocycles. The first-order valence-electron chi connectivity index (χ1n) is 11.7. The number of hydrogen-bond donors (Lipinski definition) is 1. The second kappa shape index (κ2) is 8.88. The van der Waals surface area contributed by atoms with E-state index in [4.69, 9.17) is 14.5 Å². The van der Waals surface area contributed by atoms with Crippen molar-refractivity contribution in [3.8, 4) is 22.9 Å². The van der Waals surface area contributed by atoms with E-state index < -0.39 is 0 Å². The summed E-state index contributed by atoms with van der Waals surface area (Å²) in [4.78, 5) is 28.7. The molecule has 174 valence electrons. The van der Waals surface area contributed by atoms with Crippen molar-refractivity contribution in [2.24, 2.45) is 5.92 Å². The van der Waals surface area contributed by atoms with Crippen LogP contribution in [-0.2, 0) is 0 Å². The number of carbonyl (C=O) groups excluding carboxylic acids is 1. The fourth-order valence-corrected chi connectivity index (χ4v) is 4.60. The Balaban J connectivity index is 1.59. The number of pyridine rings is 1. The number of rotatable bonds is 2. The van der Waals surface area contributed by atoms with Crippen LogP contribution in [0.4, 0.5) is 4.79 Å². The largest absolute Gasteiger partial charge is 0.494 e. The van der Waals surface area contributed by atoms with E-state index in [-0.39, 0.29) is 18.1 Å². The summed E-state index contributed by atoms with van der Waals surface area (Å²) in [6.45, 7) is 5.15. The third-order valence-electron chi connectivity index (χ3n) is 6.66. The molecule has 3 aromatic heterocycles. The summed E-state index contributed by atoms with van der Waals surface area (Å²) in [6, 6.07) is 1.97. The fourth-order valence-electron chi connectivity index (χ4n) is 4.60. The van der Waals surface area contributed by atoms with Crippen LogP contribution < -0.4 is 14.8 Å². The van der Waals surface area contributed by atoms with E-state index in [9.17, 15) is 4.79 Å². The zero-order valence-electron chi connectivity index (χ0n) is 19.3. The van der Waals surface area contributed by atoms with E-state index in [1.165, 1.54) is 0 Å². The first kappa shape index (κ1) is 21.5. The Bertz CT molecular complexity index is 1160. The SMILES string of the molecule is CCN1C(=O)NC2CC2CCCCOc2nc(cn3ccnc23)-c2cc(ncc2OC)[C@H]1C. The number of hydrogen-bond acceptors (Lipinski definition) is 6. The lowest BCUT2D eigenvalue weighted by Crippen LogP contribution is -2.42. The van der Waals surface area contributed by atoms with Gasteiger partial charge in [-0.05, 0) is 51.5 Å². The topological polar surface area (TPSA) is 93.9 Å². The molecule has 0 saturated heterocycles. The Morgan fingerprint density at radius 2 is 2.18 bits per heavy atom. The maximum Gasteiger partial charge on any atom is 0.318 e. The zero-order chi connectivity index (χ0) is 22.9. The summed E-state index contributed by atoms with van der Waals surface area (Å²) in [7, 11) is 1.62. The van der Waals surface area contributed by atoms with Gasteiger partial charge in [-0.15, -0.1) is 0 Å². The third-order valence-corrected chi connectivity index (χ3v) is 6.66. The van der Waals surface area contributed by atoms with Crippen molar-refractivity contribution < 1.29 is 14.3 Å². The van der Waals surface area contributed by atoms with Gasteiger partial charge in [0.1, 0.15) is 5.75 Å². The molecule has 9 heteroatoms. The number of amides is 2. The van der Waals surface area contributed by atoms with E-state index in [0.717, 1.165) is 36.9 Å². The second-order valence-corrected chi connectivity index (χ2v) is 8.76. The van der Waals surface area contributed by atoms with Crippen LogP contribution in [0.2, 0.25) is 0 Å². The van der Waals surface area contributed by atoms with Gasteiger partial charge >= 0.3 is 6.03 Å². The standard InChI is InChI=1S/C24H30N6O3/c1-4-30-15(2)18-12-17(21(32-3)13-26-18)20-14-29-9-8-25-22(29)23(27-20)33-10-6-5-7-16-11-19(16)28-24(30)31/h8-9,12-16,19H,4-7,10-11H2,1-3H3,(H,28,31)/t15-,16?,19?/m1/s1. The van der Waals surface area contributed by atoms with E-state index in [1.54, 1.807) is 19.5 Å². The van der Waals surface area contributed by atoms with Crippen molar-refractivity contribution in [1.82, 2.24) is 29.6 Å². The minimum absolute atomic E-state index is 0.0374. The van der Waals surface area contributed by atoms with E-state index in [2.05, 4.69) is 15.3 Å². The van der Waals surface area contributed by atoms with Crippen LogP contribution in [0.3, 0.4) is 0 Å². The van der Waals surface area contributed by atoms with E-state index in [1.807, 2.05) is 41.6 Å². The number of fused-ring (bicyclic) bond motifs is 8. The number of nitrogens with one attached hydrogen (secondary N) is 1. The molecule has 4 bridgehead atoms. The number of carbonyl (C=O) groups is 1.